The number of rotatable bonds is 9. The van der Waals surface area contributed by atoms with Crippen LogP contribution in [0.2, 0.25) is 5.02 Å². The Labute approximate surface area is 215 Å². The van der Waals surface area contributed by atoms with Crippen LogP contribution in [0, 0.1) is 17.1 Å². The van der Waals surface area contributed by atoms with Crippen molar-refractivity contribution in [2.24, 2.45) is 0 Å². The number of nitrogens with zero attached hydrogens (tertiary/aromatic N) is 5. The minimum atomic E-state index is -0.581. The quantitative estimate of drug-likeness (QED) is 0.287. The Hall–Kier alpha value is -4.56. The third kappa shape index (κ3) is 5.99. The van der Waals surface area contributed by atoms with E-state index in [1.54, 1.807) is 19.1 Å². The highest BCUT2D eigenvalue weighted by Crippen LogP contribution is 2.36. The number of aromatic nitrogens is 4. The Bertz CT molecular complexity index is 1530. The van der Waals surface area contributed by atoms with Crippen molar-refractivity contribution in [3.05, 3.63) is 70.9 Å². The van der Waals surface area contributed by atoms with Crippen molar-refractivity contribution in [1.82, 2.24) is 20.0 Å². The number of aryl methyl sites for hydroxylation is 1. The lowest BCUT2D eigenvalue weighted by molar-refractivity contribution is -0.111. The number of benzene rings is 2. The molecule has 1 amide bonds. The fourth-order valence-corrected chi connectivity index (χ4v) is 3.63. The fourth-order valence-electron chi connectivity index (χ4n) is 3.45. The molecular weight excluding hydrogens is 504 g/mol. The molecule has 2 heterocycles. The number of alkyl halides is 1. The van der Waals surface area contributed by atoms with Crippen molar-refractivity contribution >= 4 is 51.5 Å². The first-order valence-corrected chi connectivity index (χ1v) is 11.5. The van der Waals surface area contributed by atoms with Gasteiger partial charge in [0.05, 0.1) is 46.8 Å². The number of ether oxygens (including phenoxy) is 1. The zero-order chi connectivity index (χ0) is 26.4. The van der Waals surface area contributed by atoms with Gasteiger partial charge in [-0.25, -0.2) is 13.5 Å². The molecule has 0 aliphatic carbocycles. The van der Waals surface area contributed by atoms with Gasteiger partial charge in [-0.05, 0) is 37.3 Å². The van der Waals surface area contributed by atoms with Gasteiger partial charge in [0.1, 0.15) is 30.0 Å². The van der Waals surface area contributed by atoms with E-state index in [9.17, 15) is 18.8 Å². The van der Waals surface area contributed by atoms with Gasteiger partial charge in [-0.3, -0.25) is 9.78 Å². The largest absolute Gasteiger partial charge is 0.492 e. The van der Waals surface area contributed by atoms with Gasteiger partial charge >= 0.3 is 0 Å². The molecule has 0 fully saturated rings. The summed E-state index contributed by atoms with van der Waals surface area (Å²) in [5.41, 5.74) is 2.30. The molecule has 0 unspecified atom stereocenters. The Morgan fingerprint density at radius 3 is 2.89 bits per heavy atom. The van der Waals surface area contributed by atoms with Crippen LogP contribution in [0.1, 0.15) is 18.2 Å². The lowest BCUT2D eigenvalue weighted by Gasteiger charge is -2.16. The first-order chi connectivity index (χ1) is 17.9. The highest BCUT2D eigenvalue weighted by atomic mass is 35.5. The second-order valence-corrected chi connectivity index (χ2v) is 8.04. The first kappa shape index (κ1) is 25.5. The Balaban J connectivity index is 1.69. The van der Waals surface area contributed by atoms with Gasteiger partial charge in [-0.1, -0.05) is 16.8 Å². The highest BCUT2D eigenvalue weighted by molar-refractivity contribution is 6.31. The lowest BCUT2D eigenvalue weighted by Crippen LogP contribution is -2.10. The van der Waals surface area contributed by atoms with Crippen LogP contribution in [0.25, 0.3) is 17.0 Å². The summed E-state index contributed by atoms with van der Waals surface area (Å²) in [5.74, 6) is -0.681. The predicted octanol–water partition coefficient (Wildman–Crippen LogP) is 5.25. The number of nitrogens with one attached hydrogen (secondary N) is 2. The molecule has 37 heavy (non-hydrogen) atoms. The SMILES string of the molecule is CCOc1cc2ncc(C#N)c(Nc3ccc(F)c(Cl)c3)c2cc1NC(=O)/C=C/c1cn(CCF)nn1. The number of carbonyl (C=O) groups is 1. The zero-order valence-electron chi connectivity index (χ0n) is 19.5. The summed E-state index contributed by atoms with van der Waals surface area (Å²) in [6.45, 7) is 1.62. The van der Waals surface area contributed by atoms with Gasteiger partial charge in [0.25, 0.3) is 0 Å². The van der Waals surface area contributed by atoms with Crippen LogP contribution in [0.4, 0.5) is 25.8 Å². The number of nitriles is 1. The van der Waals surface area contributed by atoms with Crippen molar-refractivity contribution in [3.63, 3.8) is 0 Å². The molecule has 0 radical (unpaired) electrons. The molecule has 9 nitrogen and oxygen atoms in total. The summed E-state index contributed by atoms with van der Waals surface area (Å²) in [5, 5.41) is 23.6. The minimum absolute atomic E-state index is 0.0705. The molecule has 4 aromatic rings. The summed E-state index contributed by atoms with van der Waals surface area (Å²) >= 11 is 5.91. The standard InChI is InChI=1S/C25H20ClF2N7O2/c1-2-37-23-11-21-18(10-22(23)32-24(36)6-4-17-14-35(8-7-27)34-33-17)25(15(12-29)13-30-21)31-16-3-5-20(28)19(26)9-16/h3-6,9-11,13-14H,2,7-8H2,1H3,(H,30,31)(H,32,36)/b6-4+. The first-order valence-electron chi connectivity index (χ1n) is 11.1. The molecule has 2 N–H and O–H groups in total. The lowest BCUT2D eigenvalue weighted by atomic mass is 10.1. The van der Waals surface area contributed by atoms with E-state index in [2.05, 4.69) is 32.0 Å². The van der Waals surface area contributed by atoms with E-state index in [4.69, 9.17) is 16.3 Å². The Kier molecular flexibility index (Phi) is 7.90. The van der Waals surface area contributed by atoms with E-state index >= 15 is 0 Å². The molecule has 0 saturated heterocycles. The topological polar surface area (TPSA) is 118 Å². The van der Waals surface area contributed by atoms with Gasteiger partial charge in [0, 0.05) is 29.4 Å². The molecular formula is C25H20ClF2N7O2. The number of halogens is 3. The average Bonchev–Trinajstić information content (AvgIpc) is 3.33. The predicted molar refractivity (Wildman–Crippen MR) is 136 cm³/mol. The van der Waals surface area contributed by atoms with Crippen LogP contribution in [-0.2, 0) is 11.3 Å². The van der Waals surface area contributed by atoms with E-state index in [0.29, 0.717) is 46.0 Å². The normalized spacial score (nSPS) is 11.0. The summed E-state index contributed by atoms with van der Waals surface area (Å²) in [6.07, 6.45) is 5.62. The summed E-state index contributed by atoms with van der Waals surface area (Å²) in [4.78, 5) is 17.0. The van der Waals surface area contributed by atoms with Crippen LogP contribution in [0.3, 0.4) is 0 Å². The fraction of sp³-hybridized carbons (Fsp3) is 0.160. The molecule has 12 heteroatoms. The van der Waals surface area contributed by atoms with E-state index in [1.807, 2.05) is 0 Å². The summed E-state index contributed by atoms with van der Waals surface area (Å²) in [6, 6.07) is 9.45. The second-order valence-electron chi connectivity index (χ2n) is 7.63. The van der Waals surface area contributed by atoms with Crippen molar-refractivity contribution in [1.29, 1.82) is 5.26 Å². The maximum atomic E-state index is 13.6. The number of anilines is 3. The molecule has 0 saturated carbocycles. The monoisotopic (exact) mass is 523 g/mol. The van der Waals surface area contributed by atoms with Crippen LogP contribution in [0.15, 0.2) is 48.8 Å². The number of amides is 1. The number of hydrogen-bond donors (Lipinski definition) is 2. The summed E-state index contributed by atoms with van der Waals surface area (Å²) < 4.78 is 33.1. The third-order valence-corrected chi connectivity index (χ3v) is 5.40. The van der Waals surface area contributed by atoms with E-state index < -0.39 is 18.4 Å². The Morgan fingerprint density at radius 1 is 1.32 bits per heavy atom. The molecule has 2 aromatic heterocycles. The van der Waals surface area contributed by atoms with Crippen molar-refractivity contribution in [2.45, 2.75) is 13.5 Å². The van der Waals surface area contributed by atoms with Crippen molar-refractivity contribution in [3.8, 4) is 11.8 Å². The molecule has 0 spiro atoms. The van der Waals surface area contributed by atoms with Gasteiger partial charge in [-0.15, -0.1) is 5.10 Å². The molecule has 4 rings (SSSR count). The van der Waals surface area contributed by atoms with E-state index in [1.165, 1.54) is 47.4 Å². The Morgan fingerprint density at radius 2 is 2.16 bits per heavy atom. The van der Waals surface area contributed by atoms with Gasteiger partial charge in [0.15, 0.2) is 0 Å². The van der Waals surface area contributed by atoms with Crippen molar-refractivity contribution in [2.75, 3.05) is 23.9 Å². The van der Waals surface area contributed by atoms with Gasteiger partial charge in [0.2, 0.25) is 5.91 Å². The minimum Gasteiger partial charge on any atom is -0.492 e. The molecule has 0 bridgehead atoms. The molecule has 188 valence electrons. The van der Waals surface area contributed by atoms with E-state index in [-0.39, 0.29) is 17.1 Å². The van der Waals surface area contributed by atoms with Gasteiger partial charge < -0.3 is 15.4 Å². The number of pyridine rings is 1. The van der Waals surface area contributed by atoms with Crippen LogP contribution >= 0.6 is 11.6 Å². The molecule has 2 aromatic carbocycles. The third-order valence-electron chi connectivity index (χ3n) is 5.11. The van der Waals surface area contributed by atoms with E-state index in [0.717, 1.165) is 0 Å². The maximum Gasteiger partial charge on any atom is 0.248 e. The number of fused-ring (bicyclic) bond motifs is 1. The molecule has 0 aliphatic rings. The van der Waals surface area contributed by atoms with Crippen molar-refractivity contribution < 1.29 is 18.3 Å². The number of hydrogen-bond acceptors (Lipinski definition) is 7. The van der Waals surface area contributed by atoms with Crippen LogP contribution in [-0.4, -0.2) is 39.2 Å². The van der Waals surface area contributed by atoms with Gasteiger partial charge in [-0.2, -0.15) is 5.26 Å². The maximum absolute atomic E-state index is 13.6. The molecule has 0 atom stereocenters. The van der Waals surface area contributed by atoms with Crippen LogP contribution in [0.5, 0.6) is 5.75 Å². The smallest absolute Gasteiger partial charge is 0.248 e. The average molecular weight is 524 g/mol. The second kappa shape index (κ2) is 11.5. The zero-order valence-corrected chi connectivity index (χ0v) is 20.3. The molecule has 0 aliphatic heterocycles. The van der Waals surface area contributed by atoms with Crippen LogP contribution < -0.4 is 15.4 Å². The summed E-state index contributed by atoms with van der Waals surface area (Å²) in [7, 11) is 0. The number of carbonyl (C=O) groups excluding carboxylic acids is 1. The highest BCUT2D eigenvalue weighted by Gasteiger charge is 2.16.